The van der Waals surface area contributed by atoms with Crippen LogP contribution >= 0.6 is 0 Å². The molecule has 0 unspecified atom stereocenters. The summed E-state index contributed by atoms with van der Waals surface area (Å²) in [6.07, 6.45) is 1.88. The Morgan fingerprint density at radius 2 is 1.77 bits per heavy atom. The lowest BCUT2D eigenvalue weighted by Crippen LogP contribution is -2.26. The van der Waals surface area contributed by atoms with Crippen molar-refractivity contribution in [2.45, 2.75) is 66.2 Å². The highest BCUT2D eigenvalue weighted by Crippen LogP contribution is 2.42. The number of carboxylic acids is 1. The minimum Gasteiger partial charge on any atom is -0.496 e. The van der Waals surface area contributed by atoms with Gasteiger partial charge in [0.1, 0.15) is 5.75 Å². The van der Waals surface area contributed by atoms with Crippen molar-refractivity contribution in [1.82, 2.24) is 0 Å². The first kappa shape index (κ1) is 18.5. The van der Waals surface area contributed by atoms with Gasteiger partial charge in [-0.1, -0.05) is 53.7 Å². The number of carboxylic acid groups (broad SMARTS) is 1. The van der Waals surface area contributed by atoms with Crippen molar-refractivity contribution in [2.75, 3.05) is 7.11 Å². The molecular weight excluding hydrogens is 276 g/mol. The van der Waals surface area contributed by atoms with E-state index >= 15 is 0 Å². The molecule has 0 radical (unpaired) electrons. The van der Waals surface area contributed by atoms with Crippen molar-refractivity contribution in [2.24, 2.45) is 5.41 Å². The smallest absolute Gasteiger partial charge is 0.307 e. The second kappa shape index (κ2) is 6.72. The van der Waals surface area contributed by atoms with E-state index in [2.05, 4.69) is 41.5 Å². The Labute approximate surface area is 134 Å². The highest BCUT2D eigenvalue weighted by atomic mass is 16.5. The molecule has 1 N–H and O–H groups in total. The first-order chi connectivity index (χ1) is 10.00. The molecule has 0 aliphatic heterocycles. The van der Waals surface area contributed by atoms with Crippen LogP contribution in [0.2, 0.25) is 0 Å². The molecule has 1 aromatic rings. The lowest BCUT2D eigenvalue weighted by Gasteiger charge is -2.34. The summed E-state index contributed by atoms with van der Waals surface area (Å²) >= 11 is 0. The molecule has 124 valence electrons. The average Bonchev–Trinajstić information content (AvgIpc) is 2.34. The maximum absolute atomic E-state index is 11.1. The van der Waals surface area contributed by atoms with Crippen LogP contribution in [0.3, 0.4) is 0 Å². The fourth-order valence-electron chi connectivity index (χ4n) is 3.46. The number of ether oxygens (including phenoxy) is 1. The number of hydrogen-bond donors (Lipinski definition) is 1. The third-order valence-electron chi connectivity index (χ3n) is 3.87. The lowest BCUT2D eigenvalue weighted by atomic mass is 9.71. The van der Waals surface area contributed by atoms with Gasteiger partial charge in [-0.05, 0) is 34.8 Å². The van der Waals surface area contributed by atoms with Gasteiger partial charge in [0.25, 0.3) is 0 Å². The van der Waals surface area contributed by atoms with Crippen LogP contribution < -0.4 is 4.74 Å². The van der Waals surface area contributed by atoms with Crippen LogP contribution in [0.25, 0.3) is 0 Å². The molecule has 1 aromatic carbocycles. The summed E-state index contributed by atoms with van der Waals surface area (Å²) < 4.78 is 5.68. The summed E-state index contributed by atoms with van der Waals surface area (Å²) in [5, 5.41) is 9.11. The van der Waals surface area contributed by atoms with Crippen molar-refractivity contribution in [1.29, 1.82) is 0 Å². The minimum atomic E-state index is -0.799. The van der Waals surface area contributed by atoms with Gasteiger partial charge in [-0.25, -0.2) is 0 Å². The Balaban J connectivity index is 3.44. The standard InChI is InChI=1S/C19H30O3/c1-8-14-9-13(11-16(20)21)10-15(17(14)22-7)19(5,6)12-18(2,3)4/h9-10H,8,11-12H2,1-7H3,(H,20,21). The zero-order valence-corrected chi connectivity index (χ0v) is 15.0. The summed E-state index contributed by atoms with van der Waals surface area (Å²) in [4.78, 5) is 11.1. The van der Waals surface area contributed by atoms with E-state index in [1.165, 1.54) is 0 Å². The van der Waals surface area contributed by atoms with E-state index in [1.54, 1.807) is 7.11 Å². The maximum Gasteiger partial charge on any atom is 0.307 e. The first-order valence-corrected chi connectivity index (χ1v) is 7.92. The number of methoxy groups -OCH3 is 1. The number of aliphatic carboxylic acids is 1. The number of rotatable bonds is 6. The van der Waals surface area contributed by atoms with Crippen LogP contribution in [0.1, 0.15) is 64.7 Å². The van der Waals surface area contributed by atoms with E-state index in [0.29, 0.717) is 0 Å². The molecule has 22 heavy (non-hydrogen) atoms. The zero-order valence-electron chi connectivity index (χ0n) is 15.0. The number of carbonyl (C=O) groups is 1. The molecule has 0 aliphatic rings. The normalized spacial score (nSPS) is 12.3. The predicted octanol–water partition coefficient (Wildman–Crippen LogP) is 4.60. The highest BCUT2D eigenvalue weighted by Gasteiger charge is 2.31. The molecule has 3 heteroatoms. The van der Waals surface area contributed by atoms with E-state index in [1.807, 2.05) is 12.1 Å². The van der Waals surface area contributed by atoms with Crippen LogP contribution in [-0.2, 0) is 23.1 Å². The molecule has 0 atom stereocenters. The summed E-state index contributed by atoms with van der Waals surface area (Å²) in [6.45, 7) is 13.2. The number of aryl methyl sites for hydroxylation is 1. The molecule has 0 heterocycles. The molecule has 3 nitrogen and oxygen atoms in total. The third-order valence-corrected chi connectivity index (χ3v) is 3.87. The molecule has 1 rings (SSSR count). The van der Waals surface area contributed by atoms with Gasteiger partial charge < -0.3 is 9.84 Å². The fraction of sp³-hybridized carbons (Fsp3) is 0.632. The summed E-state index contributed by atoms with van der Waals surface area (Å²) in [5.74, 6) is 0.109. The molecule has 0 saturated carbocycles. The van der Waals surface area contributed by atoms with Gasteiger partial charge in [0, 0.05) is 5.56 Å². The van der Waals surface area contributed by atoms with Gasteiger partial charge in [-0.15, -0.1) is 0 Å². The molecule has 0 aliphatic carbocycles. The summed E-state index contributed by atoms with van der Waals surface area (Å²) in [7, 11) is 1.70. The maximum atomic E-state index is 11.1. The van der Waals surface area contributed by atoms with E-state index in [9.17, 15) is 4.79 Å². The van der Waals surface area contributed by atoms with Crippen molar-refractivity contribution in [3.8, 4) is 5.75 Å². The Kier molecular flexibility index (Phi) is 5.66. The summed E-state index contributed by atoms with van der Waals surface area (Å²) in [6, 6.07) is 3.97. The van der Waals surface area contributed by atoms with Crippen LogP contribution in [0.15, 0.2) is 12.1 Å². The van der Waals surface area contributed by atoms with Gasteiger partial charge in [0.2, 0.25) is 0 Å². The molecule has 0 bridgehead atoms. The van der Waals surface area contributed by atoms with E-state index in [-0.39, 0.29) is 17.3 Å². The van der Waals surface area contributed by atoms with E-state index < -0.39 is 5.97 Å². The fourth-order valence-corrected chi connectivity index (χ4v) is 3.46. The Bertz CT molecular complexity index is 536. The molecule has 0 spiro atoms. The predicted molar refractivity (Wildman–Crippen MR) is 90.8 cm³/mol. The van der Waals surface area contributed by atoms with Crippen LogP contribution in [0.4, 0.5) is 0 Å². The Morgan fingerprint density at radius 1 is 1.18 bits per heavy atom. The van der Waals surface area contributed by atoms with Crippen molar-refractivity contribution in [3.63, 3.8) is 0 Å². The van der Waals surface area contributed by atoms with E-state index in [0.717, 1.165) is 35.3 Å². The quantitative estimate of drug-likeness (QED) is 0.835. The van der Waals surface area contributed by atoms with Gasteiger partial charge in [-0.2, -0.15) is 0 Å². The summed E-state index contributed by atoms with van der Waals surface area (Å²) in [5.41, 5.74) is 3.15. The molecule has 0 amide bonds. The lowest BCUT2D eigenvalue weighted by molar-refractivity contribution is -0.136. The van der Waals surface area contributed by atoms with Gasteiger partial charge in [0.05, 0.1) is 13.5 Å². The molecule has 0 aromatic heterocycles. The Hall–Kier alpha value is -1.51. The van der Waals surface area contributed by atoms with Crippen molar-refractivity contribution < 1.29 is 14.6 Å². The van der Waals surface area contributed by atoms with Crippen molar-refractivity contribution in [3.05, 3.63) is 28.8 Å². The minimum absolute atomic E-state index is 0.0512. The van der Waals surface area contributed by atoms with Crippen LogP contribution in [0.5, 0.6) is 5.75 Å². The van der Waals surface area contributed by atoms with Crippen molar-refractivity contribution >= 4 is 5.97 Å². The SMILES string of the molecule is CCc1cc(CC(=O)O)cc(C(C)(C)CC(C)(C)C)c1OC. The zero-order chi connectivity index (χ0) is 17.1. The molecular formula is C19H30O3. The number of hydrogen-bond acceptors (Lipinski definition) is 2. The van der Waals surface area contributed by atoms with Crippen LogP contribution in [0, 0.1) is 5.41 Å². The van der Waals surface area contributed by atoms with Gasteiger partial charge in [0.15, 0.2) is 0 Å². The monoisotopic (exact) mass is 306 g/mol. The Morgan fingerprint density at radius 3 is 2.18 bits per heavy atom. The average molecular weight is 306 g/mol. The molecule has 0 saturated heterocycles. The second-order valence-electron chi connectivity index (χ2n) is 7.88. The first-order valence-electron chi connectivity index (χ1n) is 7.92. The van der Waals surface area contributed by atoms with Gasteiger partial charge >= 0.3 is 5.97 Å². The van der Waals surface area contributed by atoms with Crippen LogP contribution in [-0.4, -0.2) is 18.2 Å². The largest absolute Gasteiger partial charge is 0.496 e. The third kappa shape index (κ3) is 4.75. The topological polar surface area (TPSA) is 46.5 Å². The molecule has 0 fully saturated rings. The van der Waals surface area contributed by atoms with Gasteiger partial charge in [-0.3, -0.25) is 4.79 Å². The second-order valence-corrected chi connectivity index (χ2v) is 7.88. The highest BCUT2D eigenvalue weighted by molar-refractivity contribution is 5.70. The van der Waals surface area contributed by atoms with E-state index in [4.69, 9.17) is 9.84 Å². The number of benzene rings is 1.